The Morgan fingerprint density at radius 2 is 1.84 bits per heavy atom. The highest BCUT2D eigenvalue weighted by atomic mass is 16.5. The summed E-state index contributed by atoms with van der Waals surface area (Å²) in [5.74, 6) is 2.36. The quantitative estimate of drug-likeness (QED) is 0.854. The fourth-order valence-corrected chi connectivity index (χ4v) is 2.88. The van der Waals surface area contributed by atoms with Gasteiger partial charge in [-0.25, -0.2) is 4.68 Å². The van der Waals surface area contributed by atoms with Crippen molar-refractivity contribution in [2.75, 3.05) is 32.6 Å². The molecule has 1 saturated heterocycles. The second-order valence-corrected chi connectivity index (χ2v) is 6.00. The van der Waals surface area contributed by atoms with Gasteiger partial charge in [-0.05, 0) is 38.1 Å². The van der Waals surface area contributed by atoms with Gasteiger partial charge in [0.2, 0.25) is 5.95 Å². The van der Waals surface area contributed by atoms with Crippen LogP contribution in [0.3, 0.4) is 0 Å². The van der Waals surface area contributed by atoms with Gasteiger partial charge in [0.15, 0.2) is 5.82 Å². The standard InChI is InChI=1S/C17H23N5O3/c1-22-17(19-15(21-22)11-4-6-18-7-5-11)20-16(23)12-8-13(24-2)10-14(9-12)25-3/h8-11,18H,4-7H2,1-3H3,(H,19,20,21,23). The zero-order chi connectivity index (χ0) is 17.8. The van der Waals surface area contributed by atoms with Crippen LogP contribution < -0.4 is 20.1 Å². The highest BCUT2D eigenvalue weighted by Gasteiger charge is 2.21. The number of anilines is 1. The van der Waals surface area contributed by atoms with Crippen molar-refractivity contribution < 1.29 is 14.3 Å². The zero-order valence-electron chi connectivity index (χ0n) is 14.7. The zero-order valence-corrected chi connectivity index (χ0v) is 14.7. The van der Waals surface area contributed by atoms with E-state index < -0.39 is 0 Å². The number of aromatic nitrogens is 3. The minimum atomic E-state index is -0.287. The number of aryl methyl sites for hydroxylation is 1. The first-order valence-corrected chi connectivity index (χ1v) is 8.26. The first kappa shape index (κ1) is 17.2. The van der Waals surface area contributed by atoms with Crippen molar-refractivity contribution in [2.24, 2.45) is 7.05 Å². The van der Waals surface area contributed by atoms with Gasteiger partial charge in [-0.1, -0.05) is 0 Å². The molecule has 25 heavy (non-hydrogen) atoms. The number of hydrogen-bond acceptors (Lipinski definition) is 6. The minimum Gasteiger partial charge on any atom is -0.497 e. The summed E-state index contributed by atoms with van der Waals surface area (Å²) in [5.41, 5.74) is 0.433. The molecule has 8 heteroatoms. The maximum absolute atomic E-state index is 12.6. The van der Waals surface area contributed by atoms with Gasteiger partial charge in [0.05, 0.1) is 14.2 Å². The number of nitrogens with one attached hydrogen (secondary N) is 2. The molecule has 2 aromatic rings. The van der Waals surface area contributed by atoms with E-state index in [9.17, 15) is 4.79 Å². The average Bonchev–Trinajstić information content (AvgIpc) is 3.02. The average molecular weight is 345 g/mol. The molecule has 1 amide bonds. The highest BCUT2D eigenvalue weighted by Crippen LogP contribution is 2.25. The molecule has 3 rings (SSSR count). The first-order valence-electron chi connectivity index (χ1n) is 8.26. The van der Waals surface area contributed by atoms with E-state index in [1.165, 1.54) is 0 Å². The fraction of sp³-hybridized carbons (Fsp3) is 0.471. The van der Waals surface area contributed by atoms with Gasteiger partial charge in [0.25, 0.3) is 5.91 Å². The lowest BCUT2D eigenvalue weighted by Crippen LogP contribution is -2.27. The molecule has 8 nitrogen and oxygen atoms in total. The van der Waals surface area contributed by atoms with E-state index >= 15 is 0 Å². The summed E-state index contributed by atoms with van der Waals surface area (Å²) in [6.07, 6.45) is 2.01. The third-order valence-corrected chi connectivity index (χ3v) is 4.32. The number of rotatable bonds is 5. The van der Waals surface area contributed by atoms with Crippen LogP contribution >= 0.6 is 0 Å². The Balaban J connectivity index is 1.78. The largest absolute Gasteiger partial charge is 0.497 e. The van der Waals surface area contributed by atoms with Crippen molar-refractivity contribution in [2.45, 2.75) is 18.8 Å². The molecule has 0 atom stereocenters. The summed E-state index contributed by atoms with van der Waals surface area (Å²) in [6, 6.07) is 5.03. The topological polar surface area (TPSA) is 90.3 Å². The van der Waals surface area contributed by atoms with E-state index in [2.05, 4.69) is 20.7 Å². The molecule has 0 unspecified atom stereocenters. The maximum Gasteiger partial charge on any atom is 0.258 e. The van der Waals surface area contributed by atoms with Crippen molar-refractivity contribution in [3.8, 4) is 11.5 Å². The van der Waals surface area contributed by atoms with Gasteiger partial charge in [0, 0.05) is 24.6 Å². The van der Waals surface area contributed by atoms with Crippen molar-refractivity contribution in [3.63, 3.8) is 0 Å². The lowest BCUT2D eigenvalue weighted by molar-refractivity contribution is 0.102. The monoisotopic (exact) mass is 345 g/mol. The molecule has 134 valence electrons. The molecule has 0 radical (unpaired) electrons. The van der Waals surface area contributed by atoms with E-state index in [4.69, 9.17) is 9.47 Å². The van der Waals surface area contributed by atoms with Crippen LogP contribution in [0, 0.1) is 0 Å². The molecule has 0 spiro atoms. The van der Waals surface area contributed by atoms with E-state index in [1.54, 1.807) is 44.1 Å². The van der Waals surface area contributed by atoms with Crippen LogP contribution in [-0.4, -0.2) is 48.0 Å². The number of benzene rings is 1. The third-order valence-electron chi connectivity index (χ3n) is 4.32. The number of amides is 1. The molecule has 2 heterocycles. The highest BCUT2D eigenvalue weighted by molar-refractivity contribution is 6.03. The Bertz CT molecular complexity index is 730. The number of hydrogen-bond donors (Lipinski definition) is 2. The summed E-state index contributed by atoms with van der Waals surface area (Å²) in [5, 5.41) is 10.6. The van der Waals surface area contributed by atoms with Crippen LogP contribution in [0.4, 0.5) is 5.95 Å². The Morgan fingerprint density at radius 1 is 1.20 bits per heavy atom. The Hall–Kier alpha value is -2.61. The normalized spacial score (nSPS) is 15.0. The van der Waals surface area contributed by atoms with E-state index in [0.29, 0.717) is 28.9 Å². The van der Waals surface area contributed by atoms with Gasteiger partial charge in [0.1, 0.15) is 11.5 Å². The Labute approximate surface area is 146 Å². The van der Waals surface area contributed by atoms with Crippen molar-refractivity contribution >= 4 is 11.9 Å². The van der Waals surface area contributed by atoms with Gasteiger partial charge in [-0.15, -0.1) is 0 Å². The first-order chi connectivity index (χ1) is 12.1. The summed E-state index contributed by atoms with van der Waals surface area (Å²) in [4.78, 5) is 17.1. The predicted octanol–water partition coefficient (Wildman–Crippen LogP) is 1.55. The second kappa shape index (κ2) is 7.52. The molecule has 0 aliphatic carbocycles. The van der Waals surface area contributed by atoms with E-state index in [1.807, 2.05) is 0 Å². The SMILES string of the molecule is COc1cc(OC)cc(C(=O)Nc2nc(C3CCNCC3)nn2C)c1. The van der Waals surface area contributed by atoms with Crippen LogP contribution in [0.15, 0.2) is 18.2 Å². The summed E-state index contributed by atoms with van der Waals surface area (Å²) < 4.78 is 12.0. The lowest BCUT2D eigenvalue weighted by atomic mass is 9.98. The maximum atomic E-state index is 12.6. The van der Waals surface area contributed by atoms with E-state index in [0.717, 1.165) is 31.8 Å². The predicted molar refractivity (Wildman–Crippen MR) is 93.3 cm³/mol. The number of ether oxygens (including phenoxy) is 2. The van der Waals surface area contributed by atoms with Gasteiger partial charge >= 0.3 is 0 Å². The molecule has 1 aromatic carbocycles. The summed E-state index contributed by atoms with van der Waals surface area (Å²) in [7, 11) is 4.87. The molecular formula is C17H23N5O3. The van der Waals surface area contributed by atoms with Crippen molar-refractivity contribution in [3.05, 3.63) is 29.6 Å². The summed E-state index contributed by atoms with van der Waals surface area (Å²) in [6.45, 7) is 1.93. The van der Waals surface area contributed by atoms with Gasteiger partial charge in [-0.2, -0.15) is 10.1 Å². The van der Waals surface area contributed by atoms with Crippen LogP contribution in [0.25, 0.3) is 0 Å². The fourth-order valence-electron chi connectivity index (χ4n) is 2.88. The van der Waals surface area contributed by atoms with E-state index in [-0.39, 0.29) is 5.91 Å². The molecule has 0 bridgehead atoms. The molecule has 1 fully saturated rings. The molecule has 1 aliphatic rings. The number of carbonyl (C=O) groups is 1. The van der Waals surface area contributed by atoms with Crippen molar-refractivity contribution in [1.29, 1.82) is 0 Å². The van der Waals surface area contributed by atoms with Crippen LogP contribution in [0.2, 0.25) is 0 Å². The van der Waals surface area contributed by atoms with Crippen molar-refractivity contribution in [1.82, 2.24) is 20.1 Å². The number of carbonyl (C=O) groups excluding carboxylic acids is 1. The molecule has 0 saturated carbocycles. The smallest absolute Gasteiger partial charge is 0.258 e. The van der Waals surface area contributed by atoms with Crippen LogP contribution in [0.1, 0.15) is 34.9 Å². The lowest BCUT2D eigenvalue weighted by Gasteiger charge is -2.19. The summed E-state index contributed by atoms with van der Waals surface area (Å²) >= 11 is 0. The molecule has 2 N–H and O–H groups in total. The number of piperidine rings is 1. The van der Waals surface area contributed by atoms with Gasteiger partial charge in [-0.3, -0.25) is 10.1 Å². The number of methoxy groups -OCH3 is 2. The van der Waals surface area contributed by atoms with Crippen LogP contribution in [0.5, 0.6) is 11.5 Å². The molecular weight excluding hydrogens is 322 g/mol. The van der Waals surface area contributed by atoms with Gasteiger partial charge < -0.3 is 14.8 Å². The second-order valence-electron chi connectivity index (χ2n) is 6.00. The molecule has 1 aliphatic heterocycles. The molecule has 1 aromatic heterocycles. The third kappa shape index (κ3) is 3.90. The Morgan fingerprint density at radius 3 is 2.44 bits per heavy atom. The van der Waals surface area contributed by atoms with Crippen LogP contribution in [-0.2, 0) is 7.05 Å². The number of nitrogens with zero attached hydrogens (tertiary/aromatic N) is 3. The minimum absolute atomic E-state index is 0.287. The Kier molecular flexibility index (Phi) is 5.18.